The van der Waals surface area contributed by atoms with E-state index in [4.69, 9.17) is 4.42 Å². The number of amides is 1. The van der Waals surface area contributed by atoms with Gasteiger partial charge in [-0.05, 0) is 36.6 Å². The van der Waals surface area contributed by atoms with Crippen LogP contribution in [0.5, 0.6) is 0 Å². The van der Waals surface area contributed by atoms with Crippen molar-refractivity contribution in [3.05, 3.63) is 77.3 Å². The Hall–Kier alpha value is -3.19. The quantitative estimate of drug-likeness (QED) is 0.584. The first kappa shape index (κ1) is 16.3. The van der Waals surface area contributed by atoms with Gasteiger partial charge in [0.1, 0.15) is 6.26 Å². The Bertz CT molecular complexity index is 1020. The summed E-state index contributed by atoms with van der Waals surface area (Å²) in [5.41, 5.74) is 2.85. The minimum absolute atomic E-state index is 0.247. The van der Waals surface area contributed by atoms with Crippen molar-refractivity contribution in [2.24, 2.45) is 0 Å². The van der Waals surface area contributed by atoms with Crippen LogP contribution in [0.25, 0.3) is 16.5 Å². The highest BCUT2D eigenvalue weighted by atomic mass is 32.1. The molecule has 1 amide bonds. The number of aromatic nitrogens is 3. The van der Waals surface area contributed by atoms with Crippen molar-refractivity contribution < 1.29 is 9.21 Å². The Morgan fingerprint density at radius 2 is 2.08 bits per heavy atom. The number of hydrogen-bond donors (Lipinski definition) is 1. The molecule has 0 spiro atoms. The first-order chi connectivity index (χ1) is 12.7. The maximum absolute atomic E-state index is 12.4. The molecule has 0 aliphatic heterocycles. The smallest absolute Gasteiger partial charge is 0.272 e. The van der Waals surface area contributed by atoms with Crippen LogP contribution in [0.3, 0.4) is 0 Å². The molecule has 0 atom stereocenters. The summed E-state index contributed by atoms with van der Waals surface area (Å²) in [7, 11) is 0. The number of hydrogen-bond acceptors (Lipinski definition) is 5. The molecule has 0 bridgehead atoms. The number of carbonyl (C=O) groups excluding carboxylic acids is 1. The highest BCUT2D eigenvalue weighted by Crippen LogP contribution is 2.23. The van der Waals surface area contributed by atoms with Gasteiger partial charge in [0, 0.05) is 5.69 Å². The highest BCUT2D eigenvalue weighted by Gasteiger charge is 2.14. The Morgan fingerprint density at radius 3 is 2.85 bits per heavy atom. The lowest BCUT2D eigenvalue weighted by Crippen LogP contribution is -2.23. The van der Waals surface area contributed by atoms with Gasteiger partial charge in [0.25, 0.3) is 5.91 Å². The summed E-state index contributed by atoms with van der Waals surface area (Å²) in [4.78, 5) is 17.8. The molecule has 0 aliphatic rings. The molecule has 0 fully saturated rings. The summed E-state index contributed by atoms with van der Waals surface area (Å²) in [5.74, 6) is 0.317. The van der Waals surface area contributed by atoms with E-state index in [1.807, 2.05) is 54.8 Å². The van der Waals surface area contributed by atoms with Crippen LogP contribution in [-0.2, 0) is 6.54 Å². The summed E-state index contributed by atoms with van der Waals surface area (Å²) >= 11 is 1.56. The van der Waals surface area contributed by atoms with E-state index in [0.29, 0.717) is 17.3 Å². The van der Waals surface area contributed by atoms with Gasteiger partial charge in [0.2, 0.25) is 5.89 Å². The van der Waals surface area contributed by atoms with Gasteiger partial charge in [-0.1, -0.05) is 24.3 Å². The molecular formula is C19H16N4O2S. The predicted molar refractivity (Wildman–Crippen MR) is 99.3 cm³/mol. The lowest BCUT2D eigenvalue weighted by atomic mass is 10.3. The van der Waals surface area contributed by atoms with Crippen molar-refractivity contribution in [3.8, 4) is 16.5 Å². The third-order valence-corrected chi connectivity index (χ3v) is 4.69. The van der Waals surface area contributed by atoms with E-state index in [1.165, 1.54) is 0 Å². The Labute approximate surface area is 154 Å². The van der Waals surface area contributed by atoms with Crippen molar-refractivity contribution in [2.75, 3.05) is 0 Å². The third kappa shape index (κ3) is 3.29. The second kappa shape index (κ2) is 6.97. The Morgan fingerprint density at radius 1 is 1.23 bits per heavy atom. The fraction of sp³-hybridized carbons (Fsp3) is 0.105. The van der Waals surface area contributed by atoms with E-state index < -0.39 is 0 Å². The van der Waals surface area contributed by atoms with Gasteiger partial charge in [-0.3, -0.25) is 4.79 Å². The number of nitrogens with zero attached hydrogens (tertiary/aromatic N) is 3. The zero-order chi connectivity index (χ0) is 17.9. The van der Waals surface area contributed by atoms with Crippen LogP contribution >= 0.6 is 11.3 Å². The van der Waals surface area contributed by atoms with Crippen LogP contribution < -0.4 is 5.32 Å². The molecule has 4 aromatic rings. The number of oxazole rings is 1. The molecule has 4 rings (SSSR count). The topological polar surface area (TPSA) is 73.0 Å². The molecule has 0 aliphatic carbocycles. The lowest BCUT2D eigenvalue weighted by molar-refractivity contribution is 0.0945. The molecule has 3 heterocycles. The summed E-state index contributed by atoms with van der Waals surface area (Å²) in [6.45, 7) is 2.20. The molecule has 1 aromatic carbocycles. The van der Waals surface area contributed by atoms with Crippen molar-refractivity contribution in [1.82, 2.24) is 20.1 Å². The second-order valence-electron chi connectivity index (χ2n) is 5.72. The van der Waals surface area contributed by atoms with E-state index in [9.17, 15) is 4.79 Å². The predicted octanol–water partition coefficient (Wildman–Crippen LogP) is 3.83. The molecule has 6 nitrogen and oxygen atoms in total. The van der Waals surface area contributed by atoms with Crippen LogP contribution in [0, 0.1) is 6.92 Å². The second-order valence-corrected chi connectivity index (χ2v) is 6.67. The van der Waals surface area contributed by atoms with E-state index in [2.05, 4.69) is 15.4 Å². The van der Waals surface area contributed by atoms with Gasteiger partial charge in [-0.2, -0.15) is 5.10 Å². The molecule has 0 saturated carbocycles. The van der Waals surface area contributed by atoms with Crippen molar-refractivity contribution in [2.45, 2.75) is 13.5 Å². The maximum Gasteiger partial charge on any atom is 0.272 e. The van der Waals surface area contributed by atoms with Gasteiger partial charge in [0.15, 0.2) is 5.69 Å². The van der Waals surface area contributed by atoms with Crippen LogP contribution in [-0.4, -0.2) is 20.7 Å². The first-order valence-electron chi connectivity index (χ1n) is 8.09. The normalized spacial score (nSPS) is 10.8. The highest BCUT2D eigenvalue weighted by molar-refractivity contribution is 7.13. The number of thiophene rings is 1. The fourth-order valence-electron chi connectivity index (χ4n) is 2.58. The Kier molecular flexibility index (Phi) is 4.37. The van der Waals surface area contributed by atoms with Crippen molar-refractivity contribution in [1.29, 1.82) is 0 Å². The fourth-order valence-corrected chi connectivity index (χ4v) is 3.23. The number of para-hydroxylation sites is 1. The van der Waals surface area contributed by atoms with Crippen LogP contribution in [0.15, 0.2) is 64.6 Å². The third-order valence-electron chi connectivity index (χ3n) is 3.83. The monoisotopic (exact) mass is 364 g/mol. The Balaban J connectivity index is 1.44. The largest absolute Gasteiger partial charge is 0.443 e. The maximum atomic E-state index is 12.4. The van der Waals surface area contributed by atoms with Crippen LogP contribution in [0.4, 0.5) is 0 Å². The first-order valence-corrected chi connectivity index (χ1v) is 8.97. The molecular weight excluding hydrogens is 348 g/mol. The van der Waals surface area contributed by atoms with Gasteiger partial charge in [0.05, 0.1) is 22.8 Å². The van der Waals surface area contributed by atoms with E-state index >= 15 is 0 Å². The summed E-state index contributed by atoms with van der Waals surface area (Å²) in [6.07, 6.45) is 1.56. The zero-order valence-corrected chi connectivity index (χ0v) is 14.9. The molecule has 7 heteroatoms. The van der Waals surface area contributed by atoms with Crippen molar-refractivity contribution >= 4 is 17.2 Å². The van der Waals surface area contributed by atoms with E-state index in [1.54, 1.807) is 28.3 Å². The number of carbonyl (C=O) groups is 1. The zero-order valence-electron chi connectivity index (χ0n) is 14.0. The SMILES string of the molecule is Cc1cc(C(=O)NCc2coc(-c3cccs3)n2)nn1-c1ccccc1. The molecule has 0 radical (unpaired) electrons. The number of aryl methyl sites for hydroxylation is 1. The summed E-state index contributed by atoms with van der Waals surface area (Å²) in [5, 5.41) is 9.20. The van der Waals surface area contributed by atoms with Gasteiger partial charge >= 0.3 is 0 Å². The molecule has 0 saturated heterocycles. The molecule has 1 N–H and O–H groups in total. The van der Waals surface area contributed by atoms with Crippen LogP contribution in [0.2, 0.25) is 0 Å². The van der Waals surface area contributed by atoms with Gasteiger partial charge < -0.3 is 9.73 Å². The van der Waals surface area contributed by atoms with Crippen LogP contribution in [0.1, 0.15) is 21.9 Å². The average molecular weight is 364 g/mol. The number of rotatable bonds is 5. The summed E-state index contributed by atoms with van der Waals surface area (Å²) in [6, 6.07) is 15.4. The molecule has 26 heavy (non-hydrogen) atoms. The van der Waals surface area contributed by atoms with E-state index in [-0.39, 0.29) is 12.5 Å². The number of benzene rings is 1. The molecule has 0 unspecified atom stereocenters. The van der Waals surface area contributed by atoms with E-state index in [0.717, 1.165) is 16.3 Å². The standard InChI is InChI=1S/C19H16N4O2S/c1-13-10-16(22-23(13)15-6-3-2-4-7-15)18(24)20-11-14-12-25-19(21-14)17-8-5-9-26-17/h2-10,12H,11H2,1H3,(H,20,24). The minimum Gasteiger partial charge on any atom is -0.443 e. The van der Waals surface area contributed by atoms with Gasteiger partial charge in [-0.15, -0.1) is 11.3 Å². The molecule has 130 valence electrons. The summed E-state index contributed by atoms with van der Waals surface area (Å²) < 4.78 is 7.21. The van der Waals surface area contributed by atoms with Gasteiger partial charge in [-0.25, -0.2) is 9.67 Å². The number of nitrogens with one attached hydrogen (secondary N) is 1. The minimum atomic E-state index is -0.247. The lowest BCUT2D eigenvalue weighted by Gasteiger charge is -2.03. The average Bonchev–Trinajstić information content (AvgIpc) is 3.40. The van der Waals surface area contributed by atoms with Crippen molar-refractivity contribution in [3.63, 3.8) is 0 Å². The molecule has 3 aromatic heterocycles.